The van der Waals surface area contributed by atoms with Gasteiger partial charge in [0.25, 0.3) is 0 Å². The minimum absolute atomic E-state index is 0.638. The summed E-state index contributed by atoms with van der Waals surface area (Å²) in [5.74, 6) is 1.94. The van der Waals surface area contributed by atoms with Crippen molar-refractivity contribution in [1.82, 2.24) is 15.0 Å². The van der Waals surface area contributed by atoms with Gasteiger partial charge in [0.1, 0.15) is 0 Å². The third kappa shape index (κ3) is 5.78. The van der Waals surface area contributed by atoms with E-state index in [9.17, 15) is 0 Å². The summed E-state index contributed by atoms with van der Waals surface area (Å²) in [4.78, 5) is 15.6. The third-order valence-electron chi connectivity index (χ3n) is 10.9. The van der Waals surface area contributed by atoms with Gasteiger partial charge in [0.15, 0.2) is 17.5 Å². The quantitative estimate of drug-likeness (QED) is 0.159. The number of hydrogen-bond donors (Lipinski definition) is 0. The molecule has 0 aliphatic heterocycles. The molecule has 0 bridgehead atoms. The van der Waals surface area contributed by atoms with E-state index in [1.165, 1.54) is 58.4 Å². The molecule has 0 radical (unpaired) electrons. The summed E-state index contributed by atoms with van der Waals surface area (Å²) in [5.41, 5.74) is 9.99. The van der Waals surface area contributed by atoms with Crippen LogP contribution in [-0.4, -0.2) is 15.0 Å². The van der Waals surface area contributed by atoms with E-state index in [1.54, 1.807) is 11.3 Å². The molecule has 0 saturated heterocycles. The van der Waals surface area contributed by atoms with Crippen molar-refractivity contribution in [3.05, 3.63) is 200 Å². The Morgan fingerprint density at radius 2 is 0.719 bits per heavy atom. The van der Waals surface area contributed by atoms with Gasteiger partial charge in [-0.25, -0.2) is 15.0 Å². The lowest BCUT2D eigenvalue weighted by Gasteiger charge is -2.18. The van der Waals surface area contributed by atoms with Gasteiger partial charge in [0.05, 0.1) is 0 Å². The van der Waals surface area contributed by atoms with Crippen molar-refractivity contribution in [1.29, 1.82) is 0 Å². The van der Waals surface area contributed by atoms with Crippen LogP contribution in [0.5, 0.6) is 0 Å². The summed E-state index contributed by atoms with van der Waals surface area (Å²) in [6.45, 7) is 0. The van der Waals surface area contributed by atoms with Crippen molar-refractivity contribution >= 4 is 53.1 Å². The van der Waals surface area contributed by atoms with E-state index in [2.05, 4.69) is 194 Å². The summed E-state index contributed by atoms with van der Waals surface area (Å²) in [5, 5.41) is 7.38. The number of nitrogens with zero attached hydrogens (tertiary/aromatic N) is 3. The van der Waals surface area contributed by atoms with E-state index in [0.717, 1.165) is 33.4 Å². The fourth-order valence-corrected chi connectivity index (χ4v) is 9.50. The summed E-state index contributed by atoms with van der Waals surface area (Å²) in [6.07, 6.45) is 0. The molecule has 0 N–H and O–H groups in total. The molecule has 2 aromatic heterocycles. The molecule has 2 heterocycles. The van der Waals surface area contributed by atoms with Crippen LogP contribution in [0.2, 0.25) is 0 Å². The first-order valence-corrected chi connectivity index (χ1v) is 20.0. The van der Waals surface area contributed by atoms with Gasteiger partial charge in [-0.2, -0.15) is 0 Å². The zero-order chi connectivity index (χ0) is 37.7. The van der Waals surface area contributed by atoms with Gasteiger partial charge in [-0.15, -0.1) is 11.3 Å². The minimum atomic E-state index is 0.638. The van der Waals surface area contributed by atoms with Crippen molar-refractivity contribution in [2.24, 2.45) is 0 Å². The second kappa shape index (κ2) is 13.8. The standard InChI is InChI=1S/C53H33N3S/c1-3-15-34(16-4-1)38-19-13-20-39(33-38)52-54-51(55-53(56-52)46-27-14-26-45-40-21-11-12-28-47(40)57-50(45)46)37-31-29-36(30-32-37)49-43-24-9-7-22-41(43)48(35-17-5-2-6-18-35)42-23-8-10-25-44(42)49/h1-33H. The first-order chi connectivity index (χ1) is 28.3. The van der Waals surface area contributed by atoms with Crippen LogP contribution in [-0.2, 0) is 0 Å². The maximum atomic E-state index is 5.23. The van der Waals surface area contributed by atoms with Crippen LogP contribution >= 0.6 is 11.3 Å². The molecule has 0 saturated carbocycles. The van der Waals surface area contributed by atoms with Crippen LogP contribution in [0.25, 0.3) is 109 Å². The van der Waals surface area contributed by atoms with Crippen molar-refractivity contribution < 1.29 is 0 Å². The van der Waals surface area contributed by atoms with Gasteiger partial charge in [-0.1, -0.05) is 182 Å². The molecule has 0 atom stereocenters. The van der Waals surface area contributed by atoms with Gasteiger partial charge >= 0.3 is 0 Å². The van der Waals surface area contributed by atoms with E-state index < -0.39 is 0 Å². The Morgan fingerprint density at radius 3 is 1.37 bits per heavy atom. The van der Waals surface area contributed by atoms with Crippen LogP contribution in [0.3, 0.4) is 0 Å². The van der Waals surface area contributed by atoms with E-state index in [-0.39, 0.29) is 0 Å². The Hall–Kier alpha value is -7.27. The fourth-order valence-electron chi connectivity index (χ4n) is 8.29. The molecule has 0 aliphatic carbocycles. The Labute approximate surface area is 334 Å². The third-order valence-corrected chi connectivity index (χ3v) is 12.2. The highest BCUT2D eigenvalue weighted by atomic mass is 32.1. The van der Waals surface area contributed by atoms with Crippen LogP contribution in [0.15, 0.2) is 200 Å². The molecule has 266 valence electrons. The molecule has 57 heavy (non-hydrogen) atoms. The lowest BCUT2D eigenvalue weighted by atomic mass is 9.86. The lowest BCUT2D eigenvalue weighted by Crippen LogP contribution is -2.00. The van der Waals surface area contributed by atoms with Crippen LogP contribution in [0.4, 0.5) is 0 Å². The Morgan fingerprint density at radius 1 is 0.281 bits per heavy atom. The monoisotopic (exact) mass is 743 g/mol. The smallest absolute Gasteiger partial charge is 0.165 e. The lowest BCUT2D eigenvalue weighted by molar-refractivity contribution is 1.08. The molecule has 11 aromatic rings. The van der Waals surface area contributed by atoms with Gasteiger partial charge in [0, 0.05) is 36.9 Å². The van der Waals surface area contributed by atoms with Crippen molar-refractivity contribution in [2.45, 2.75) is 0 Å². The largest absolute Gasteiger partial charge is 0.208 e. The summed E-state index contributed by atoms with van der Waals surface area (Å²) < 4.78 is 2.42. The summed E-state index contributed by atoms with van der Waals surface area (Å²) >= 11 is 1.79. The van der Waals surface area contributed by atoms with Crippen molar-refractivity contribution in [3.8, 4) is 67.5 Å². The normalized spacial score (nSPS) is 11.5. The first-order valence-electron chi connectivity index (χ1n) is 19.2. The first kappa shape index (κ1) is 33.1. The molecule has 0 amide bonds. The summed E-state index contributed by atoms with van der Waals surface area (Å²) in [6, 6.07) is 71.0. The molecule has 0 unspecified atom stereocenters. The highest BCUT2D eigenvalue weighted by molar-refractivity contribution is 7.26. The maximum Gasteiger partial charge on any atom is 0.165 e. The second-order valence-electron chi connectivity index (χ2n) is 14.3. The van der Waals surface area contributed by atoms with E-state index >= 15 is 0 Å². The Balaban J connectivity index is 1.09. The van der Waals surface area contributed by atoms with Crippen LogP contribution < -0.4 is 0 Å². The van der Waals surface area contributed by atoms with Crippen molar-refractivity contribution in [2.75, 3.05) is 0 Å². The van der Waals surface area contributed by atoms with Gasteiger partial charge < -0.3 is 0 Å². The molecule has 4 heteroatoms. The highest BCUT2D eigenvalue weighted by Crippen LogP contribution is 2.44. The fraction of sp³-hybridized carbons (Fsp3) is 0. The predicted octanol–water partition coefficient (Wildman–Crippen LogP) is 14.5. The Kier molecular flexibility index (Phi) is 8.01. The number of thiophene rings is 1. The summed E-state index contributed by atoms with van der Waals surface area (Å²) in [7, 11) is 0. The van der Waals surface area contributed by atoms with Crippen molar-refractivity contribution in [3.63, 3.8) is 0 Å². The second-order valence-corrected chi connectivity index (χ2v) is 15.4. The van der Waals surface area contributed by atoms with Crippen LogP contribution in [0.1, 0.15) is 0 Å². The number of rotatable bonds is 6. The number of aromatic nitrogens is 3. The van der Waals surface area contributed by atoms with Crippen LogP contribution in [0, 0.1) is 0 Å². The average Bonchev–Trinajstić information content (AvgIpc) is 3.68. The highest BCUT2D eigenvalue weighted by Gasteiger charge is 2.19. The van der Waals surface area contributed by atoms with E-state index in [4.69, 9.17) is 15.0 Å². The van der Waals surface area contributed by atoms with Gasteiger partial charge in [-0.3, -0.25) is 0 Å². The molecule has 11 rings (SSSR count). The number of fused-ring (bicyclic) bond motifs is 5. The number of benzene rings is 9. The average molecular weight is 744 g/mol. The molecular formula is C53H33N3S. The van der Waals surface area contributed by atoms with Gasteiger partial charge in [0.2, 0.25) is 0 Å². The molecule has 0 fully saturated rings. The molecule has 3 nitrogen and oxygen atoms in total. The predicted molar refractivity (Wildman–Crippen MR) is 240 cm³/mol. The zero-order valence-corrected chi connectivity index (χ0v) is 31.6. The van der Waals surface area contributed by atoms with E-state index in [0.29, 0.717) is 17.5 Å². The SMILES string of the molecule is c1ccc(-c2cccc(-c3nc(-c4ccc(-c5c6ccccc6c(-c6ccccc6)c6ccccc56)cc4)nc(-c4cccc5c4sc4ccccc45)n3)c2)cc1. The zero-order valence-electron chi connectivity index (χ0n) is 30.8. The van der Waals surface area contributed by atoms with Gasteiger partial charge in [-0.05, 0) is 73.1 Å². The minimum Gasteiger partial charge on any atom is -0.208 e. The maximum absolute atomic E-state index is 5.23. The molecule has 0 spiro atoms. The molecule has 0 aliphatic rings. The number of hydrogen-bond acceptors (Lipinski definition) is 4. The Bertz CT molecular complexity index is 3220. The topological polar surface area (TPSA) is 38.7 Å². The molecule has 9 aromatic carbocycles. The van der Waals surface area contributed by atoms with E-state index in [1.807, 2.05) is 6.07 Å². The molecular weight excluding hydrogens is 711 g/mol.